The van der Waals surface area contributed by atoms with E-state index in [-0.39, 0.29) is 5.91 Å². The molecule has 0 aliphatic carbocycles. The quantitative estimate of drug-likeness (QED) is 0.716. The van der Waals surface area contributed by atoms with Crippen molar-refractivity contribution in [3.8, 4) is 0 Å². The highest BCUT2D eigenvalue weighted by atomic mass is 32.2. The van der Waals surface area contributed by atoms with Gasteiger partial charge < -0.3 is 5.32 Å². The third-order valence-electron chi connectivity index (χ3n) is 2.84. The summed E-state index contributed by atoms with van der Waals surface area (Å²) in [5.41, 5.74) is 0.970. The van der Waals surface area contributed by atoms with E-state index in [1.807, 2.05) is 37.3 Å². The number of carbonyl (C=O) groups is 2. The maximum atomic E-state index is 12.1. The van der Waals surface area contributed by atoms with Crippen molar-refractivity contribution in [2.45, 2.75) is 34.3 Å². The zero-order chi connectivity index (χ0) is 17.4. The van der Waals surface area contributed by atoms with Crippen LogP contribution in [0.2, 0.25) is 0 Å². The summed E-state index contributed by atoms with van der Waals surface area (Å²) in [6, 6.07) is 9.00. The predicted octanol–water partition coefficient (Wildman–Crippen LogP) is 3.16. The van der Waals surface area contributed by atoms with Crippen LogP contribution in [0.15, 0.2) is 39.0 Å². The molecular formula is C15H18N4O2S3. The molecule has 1 atom stereocenters. The van der Waals surface area contributed by atoms with Crippen molar-refractivity contribution in [3.63, 3.8) is 0 Å². The Hall–Kier alpha value is -1.58. The van der Waals surface area contributed by atoms with E-state index in [9.17, 15) is 9.59 Å². The molecule has 1 aromatic carbocycles. The lowest BCUT2D eigenvalue weighted by molar-refractivity contribution is -0.119. The minimum Gasteiger partial charge on any atom is -0.334 e. The molecule has 0 saturated carbocycles. The van der Waals surface area contributed by atoms with Crippen LogP contribution in [0.5, 0.6) is 0 Å². The number of nitrogens with zero attached hydrogens (tertiary/aromatic N) is 2. The molecule has 2 N–H and O–H groups in total. The summed E-state index contributed by atoms with van der Waals surface area (Å²) >= 11 is 4.36. The first-order valence-corrected chi connectivity index (χ1v) is 10.0. The highest BCUT2D eigenvalue weighted by molar-refractivity contribution is 8.03. The van der Waals surface area contributed by atoms with Gasteiger partial charge in [-0.2, -0.15) is 0 Å². The fourth-order valence-corrected chi connectivity index (χ4v) is 4.73. The Morgan fingerprint density at radius 3 is 2.62 bits per heavy atom. The highest BCUT2D eigenvalue weighted by Gasteiger charge is 2.19. The number of amides is 3. The van der Waals surface area contributed by atoms with E-state index in [2.05, 4.69) is 20.8 Å². The molecule has 6 nitrogen and oxygen atoms in total. The monoisotopic (exact) mass is 382 g/mol. The molecule has 1 unspecified atom stereocenters. The Kier molecular flexibility index (Phi) is 7.54. The maximum Gasteiger partial charge on any atom is 0.321 e. The van der Waals surface area contributed by atoms with Crippen molar-refractivity contribution in [1.29, 1.82) is 0 Å². The van der Waals surface area contributed by atoms with Gasteiger partial charge in [-0.1, -0.05) is 72.1 Å². The van der Waals surface area contributed by atoms with E-state index in [0.717, 1.165) is 20.0 Å². The van der Waals surface area contributed by atoms with E-state index in [1.165, 1.54) is 23.1 Å². The molecule has 0 fully saturated rings. The zero-order valence-electron chi connectivity index (χ0n) is 13.3. The molecule has 0 spiro atoms. The topological polar surface area (TPSA) is 84.0 Å². The van der Waals surface area contributed by atoms with Gasteiger partial charge in [-0.05, 0) is 18.2 Å². The molecule has 2 rings (SSSR count). The second kappa shape index (κ2) is 9.65. The van der Waals surface area contributed by atoms with Crippen LogP contribution < -0.4 is 10.6 Å². The third-order valence-corrected chi connectivity index (χ3v) is 5.96. The maximum absolute atomic E-state index is 12.1. The molecule has 1 aromatic heterocycles. The van der Waals surface area contributed by atoms with Crippen molar-refractivity contribution in [3.05, 3.63) is 35.9 Å². The summed E-state index contributed by atoms with van der Waals surface area (Å²) < 4.78 is 1.60. The molecule has 0 aliphatic heterocycles. The van der Waals surface area contributed by atoms with Gasteiger partial charge in [-0.25, -0.2) is 4.79 Å². The van der Waals surface area contributed by atoms with Gasteiger partial charge in [0.05, 0.1) is 5.25 Å². The van der Waals surface area contributed by atoms with Gasteiger partial charge in [-0.3, -0.25) is 10.1 Å². The third kappa shape index (κ3) is 6.14. The van der Waals surface area contributed by atoms with E-state index in [1.54, 1.807) is 18.7 Å². The standard InChI is InChI=1S/C15H18N4O2S3/c1-3-22-14-18-19-15(24-14)23-10(2)12(20)17-13(21)16-9-11-7-5-4-6-8-11/h4-8,10H,3,9H2,1-2H3,(H2,16,17,20,21). The second-order valence-corrected chi connectivity index (χ2v) is 8.76. The summed E-state index contributed by atoms with van der Waals surface area (Å²) in [6.07, 6.45) is 0. The van der Waals surface area contributed by atoms with Crippen molar-refractivity contribution >= 4 is 46.8 Å². The number of hydrogen-bond acceptors (Lipinski definition) is 7. The Morgan fingerprint density at radius 1 is 1.21 bits per heavy atom. The van der Waals surface area contributed by atoms with Crippen LogP contribution in [0, 0.1) is 0 Å². The van der Waals surface area contributed by atoms with E-state index >= 15 is 0 Å². The Bertz CT molecular complexity index is 678. The van der Waals surface area contributed by atoms with Crippen LogP contribution in [0.25, 0.3) is 0 Å². The molecule has 0 aliphatic rings. The van der Waals surface area contributed by atoms with Gasteiger partial charge in [-0.15, -0.1) is 10.2 Å². The lowest BCUT2D eigenvalue weighted by Crippen LogP contribution is -2.42. The van der Waals surface area contributed by atoms with Crippen LogP contribution in [0.4, 0.5) is 4.79 Å². The minimum atomic E-state index is -0.504. The lowest BCUT2D eigenvalue weighted by Gasteiger charge is -2.10. The van der Waals surface area contributed by atoms with Crippen molar-refractivity contribution in [1.82, 2.24) is 20.8 Å². The molecule has 24 heavy (non-hydrogen) atoms. The smallest absolute Gasteiger partial charge is 0.321 e. The number of aromatic nitrogens is 2. The summed E-state index contributed by atoms with van der Waals surface area (Å²) in [5.74, 6) is 0.571. The largest absolute Gasteiger partial charge is 0.334 e. The number of nitrogens with one attached hydrogen (secondary N) is 2. The van der Waals surface area contributed by atoms with Crippen LogP contribution in [0.1, 0.15) is 19.4 Å². The van der Waals surface area contributed by atoms with E-state index < -0.39 is 11.3 Å². The first kappa shape index (κ1) is 18.8. The number of benzene rings is 1. The Balaban J connectivity index is 1.76. The number of thioether (sulfide) groups is 2. The van der Waals surface area contributed by atoms with Gasteiger partial charge in [0.15, 0.2) is 8.68 Å². The van der Waals surface area contributed by atoms with Crippen molar-refractivity contribution < 1.29 is 9.59 Å². The highest BCUT2D eigenvalue weighted by Crippen LogP contribution is 2.30. The van der Waals surface area contributed by atoms with Crippen LogP contribution in [0.3, 0.4) is 0 Å². The molecular weight excluding hydrogens is 364 g/mol. The van der Waals surface area contributed by atoms with E-state index in [4.69, 9.17) is 0 Å². The normalized spacial score (nSPS) is 11.8. The molecule has 0 radical (unpaired) electrons. The summed E-state index contributed by atoms with van der Waals surface area (Å²) in [5, 5.41) is 12.7. The summed E-state index contributed by atoms with van der Waals surface area (Å²) in [4.78, 5) is 23.9. The van der Waals surface area contributed by atoms with Gasteiger partial charge in [0.1, 0.15) is 0 Å². The average molecular weight is 383 g/mol. The minimum absolute atomic E-state index is 0.356. The fourth-order valence-electron chi connectivity index (χ4n) is 1.67. The molecule has 9 heteroatoms. The number of imide groups is 1. The summed E-state index contributed by atoms with van der Waals surface area (Å²) in [7, 11) is 0. The van der Waals surface area contributed by atoms with Crippen LogP contribution in [-0.2, 0) is 11.3 Å². The SMILES string of the molecule is CCSc1nnc(SC(C)C(=O)NC(=O)NCc2ccccc2)s1. The zero-order valence-corrected chi connectivity index (χ0v) is 15.8. The molecule has 1 heterocycles. The number of carbonyl (C=O) groups excluding carboxylic acids is 2. The van der Waals surface area contributed by atoms with Crippen molar-refractivity contribution in [2.75, 3.05) is 5.75 Å². The molecule has 128 valence electrons. The first-order chi connectivity index (χ1) is 11.6. The number of hydrogen-bond donors (Lipinski definition) is 2. The fraction of sp³-hybridized carbons (Fsp3) is 0.333. The number of urea groups is 1. The van der Waals surface area contributed by atoms with Crippen molar-refractivity contribution in [2.24, 2.45) is 0 Å². The average Bonchev–Trinajstić information content (AvgIpc) is 3.01. The second-order valence-electron chi connectivity index (χ2n) is 4.68. The summed E-state index contributed by atoms with van der Waals surface area (Å²) in [6.45, 7) is 4.15. The van der Waals surface area contributed by atoms with Gasteiger partial charge in [0.2, 0.25) is 5.91 Å². The molecule has 0 saturated heterocycles. The van der Waals surface area contributed by atoms with E-state index in [0.29, 0.717) is 6.54 Å². The van der Waals surface area contributed by atoms with Crippen LogP contribution in [-0.4, -0.2) is 33.1 Å². The Labute approximate surface area is 153 Å². The van der Waals surface area contributed by atoms with Crippen LogP contribution >= 0.6 is 34.9 Å². The molecule has 2 aromatic rings. The Morgan fingerprint density at radius 2 is 1.92 bits per heavy atom. The lowest BCUT2D eigenvalue weighted by atomic mass is 10.2. The molecule has 0 bridgehead atoms. The molecule has 3 amide bonds. The predicted molar refractivity (Wildman–Crippen MR) is 98.4 cm³/mol. The number of rotatable bonds is 7. The van der Waals surface area contributed by atoms with Gasteiger partial charge in [0.25, 0.3) is 0 Å². The van der Waals surface area contributed by atoms with Gasteiger partial charge in [0, 0.05) is 6.54 Å². The first-order valence-electron chi connectivity index (χ1n) is 7.34. The van der Waals surface area contributed by atoms with Gasteiger partial charge >= 0.3 is 6.03 Å².